The van der Waals surface area contributed by atoms with Gasteiger partial charge in [0.05, 0.1) is 19.5 Å². The number of aromatic nitrogens is 4. The number of ether oxygens (including phenoxy) is 1. The molecule has 0 aliphatic carbocycles. The number of nitrogens with zero attached hydrogens (tertiary/aromatic N) is 6. The fourth-order valence-corrected chi connectivity index (χ4v) is 5.25. The van der Waals surface area contributed by atoms with Crippen LogP contribution in [0.2, 0.25) is 0 Å². The van der Waals surface area contributed by atoms with Crippen LogP contribution >= 0.6 is 0 Å². The highest BCUT2D eigenvalue weighted by atomic mass is 16.5. The van der Waals surface area contributed by atoms with E-state index in [-0.39, 0.29) is 19.0 Å². The topological polar surface area (TPSA) is 94.6 Å². The largest absolute Gasteiger partial charge is 0.383 e. The molecule has 0 bridgehead atoms. The number of carbonyl (C=O) groups is 1. The summed E-state index contributed by atoms with van der Waals surface area (Å²) in [6, 6.07) is 9.92. The number of fused-ring (bicyclic) bond motifs is 1. The van der Waals surface area contributed by atoms with Crippen LogP contribution in [0.15, 0.2) is 46.2 Å². The van der Waals surface area contributed by atoms with Gasteiger partial charge in [0, 0.05) is 32.8 Å². The standard InChI is InChI=1S/C25H32N6O4/c1-35-14-13-29-18-26-23-22(29)24(33)31(25(34)30(23)15-19-7-3-2-4-8-19)17-21(32)28-12-9-20(16-28)27-10-5-6-11-27/h2-4,7-8,18,20H,5-6,9-17H2,1H3. The third kappa shape index (κ3) is 4.68. The highest BCUT2D eigenvalue weighted by Crippen LogP contribution is 2.20. The van der Waals surface area contributed by atoms with Crippen LogP contribution in [0.1, 0.15) is 24.8 Å². The van der Waals surface area contributed by atoms with Crippen molar-refractivity contribution in [3.05, 3.63) is 63.1 Å². The van der Waals surface area contributed by atoms with Gasteiger partial charge in [0.15, 0.2) is 11.2 Å². The van der Waals surface area contributed by atoms with Crippen molar-refractivity contribution >= 4 is 17.1 Å². The predicted octanol–water partition coefficient (Wildman–Crippen LogP) is 0.751. The number of hydrogen-bond acceptors (Lipinski definition) is 6. The van der Waals surface area contributed by atoms with E-state index in [2.05, 4.69) is 9.88 Å². The minimum Gasteiger partial charge on any atom is -0.383 e. The lowest BCUT2D eigenvalue weighted by Crippen LogP contribution is -2.45. The van der Waals surface area contributed by atoms with E-state index in [1.807, 2.05) is 30.3 Å². The molecule has 1 amide bonds. The fraction of sp³-hybridized carbons (Fsp3) is 0.520. The first-order valence-electron chi connectivity index (χ1n) is 12.3. The Kier molecular flexibility index (Phi) is 6.83. The molecule has 1 atom stereocenters. The van der Waals surface area contributed by atoms with Gasteiger partial charge < -0.3 is 14.2 Å². The summed E-state index contributed by atoms with van der Waals surface area (Å²) in [4.78, 5) is 48.9. The van der Waals surface area contributed by atoms with Crippen molar-refractivity contribution in [3.63, 3.8) is 0 Å². The molecule has 186 valence electrons. The molecule has 2 aromatic heterocycles. The van der Waals surface area contributed by atoms with Gasteiger partial charge in [-0.1, -0.05) is 30.3 Å². The number of rotatable bonds is 8. The second-order valence-electron chi connectivity index (χ2n) is 9.37. The molecule has 2 saturated heterocycles. The van der Waals surface area contributed by atoms with Crippen LogP contribution in [0.4, 0.5) is 0 Å². The number of amides is 1. The van der Waals surface area contributed by atoms with Gasteiger partial charge in [-0.2, -0.15) is 0 Å². The normalized spacial score (nSPS) is 18.7. The molecule has 1 unspecified atom stereocenters. The fourth-order valence-electron chi connectivity index (χ4n) is 5.25. The summed E-state index contributed by atoms with van der Waals surface area (Å²) < 4.78 is 9.43. The summed E-state index contributed by atoms with van der Waals surface area (Å²) >= 11 is 0. The average molecular weight is 481 g/mol. The Hall–Kier alpha value is -3.24. The molecule has 10 nitrogen and oxygen atoms in total. The quantitative estimate of drug-likeness (QED) is 0.472. The molecule has 2 fully saturated rings. The Morgan fingerprint density at radius 2 is 1.86 bits per heavy atom. The number of carbonyl (C=O) groups excluding carboxylic acids is 1. The predicted molar refractivity (Wildman–Crippen MR) is 131 cm³/mol. The van der Waals surface area contributed by atoms with Gasteiger partial charge in [-0.25, -0.2) is 14.3 Å². The van der Waals surface area contributed by atoms with Gasteiger partial charge in [-0.3, -0.25) is 19.1 Å². The van der Waals surface area contributed by atoms with Crippen molar-refractivity contribution in [1.82, 2.24) is 28.5 Å². The Bertz CT molecular complexity index is 1310. The first-order valence-corrected chi connectivity index (χ1v) is 12.3. The monoisotopic (exact) mass is 480 g/mol. The van der Waals surface area contributed by atoms with Crippen molar-refractivity contribution in [2.45, 2.75) is 44.9 Å². The molecular weight excluding hydrogens is 448 g/mol. The summed E-state index contributed by atoms with van der Waals surface area (Å²) in [5, 5.41) is 0. The summed E-state index contributed by atoms with van der Waals surface area (Å²) in [5.74, 6) is -0.195. The Labute approximate surface area is 203 Å². The summed E-state index contributed by atoms with van der Waals surface area (Å²) in [5.41, 5.74) is 0.520. The second kappa shape index (κ2) is 10.2. The number of hydrogen-bond donors (Lipinski definition) is 0. The molecule has 0 radical (unpaired) electrons. The van der Waals surface area contributed by atoms with Crippen molar-refractivity contribution in [1.29, 1.82) is 0 Å². The van der Waals surface area contributed by atoms with Crippen molar-refractivity contribution in [2.24, 2.45) is 0 Å². The molecule has 4 heterocycles. The van der Waals surface area contributed by atoms with Gasteiger partial charge in [0.2, 0.25) is 5.91 Å². The van der Waals surface area contributed by atoms with Crippen molar-refractivity contribution in [3.8, 4) is 0 Å². The minimum absolute atomic E-state index is 0.195. The minimum atomic E-state index is -0.521. The van der Waals surface area contributed by atoms with Gasteiger partial charge >= 0.3 is 5.69 Å². The SMILES string of the molecule is COCCn1cnc2c1c(=O)n(CC(=O)N1CCC(N3CCCC3)C1)c(=O)n2Cc1ccccc1. The van der Waals surface area contributed by atoms with E-state index >= 15 is 0 Å². The number of benzene rings is 1. The molecule has 10 heteroatoms. The Morgan fingerprint density at radius 1 is 1.09 bits per heavy atom. The van der Waals surface area contributed by atoms with Crippen LogP contribution in [0.3, 0.4) is 0 Å². The van der Waals surface area contributed by atoms with Gasteiger partial charge in [-0.15, -0.1) is 0 Å². The summed E-state index contributed by atoms with van der Waals surface area (Å²) in [7, 11) is 1.59. The molecule has 5 rings (SSSR count). The summed E-state index contributed by atoms with van der Waals surface area (Å²) in [6.45, 7) is 4.27. The number of likely N-dealkylation sites (tertiary alicyclic amines) is 2. The molecule has 0 saturated carbocycles. The molecule has 1 aromatic carbocycles. The van der Waals surface area contributed by atoms with Crippen LogP contribution in [0, 0.1) is 0 Å². The van der Waals surface area contributed by atoms with E-state index in [1.54, 1.807) is 22.9 Å². The van der Waals surface area contributed by atoms with Crippen LogP contribution in [0.25, 0.3) is 11.2 Å². The average Bonchev–Trinajstić information content (AvgIpc) is 3.64. The van der Waals surface area contributed by atoms with Gasteiger partial charge in [-0.05, 0) is 37.9 Å². The maximum Gasteiger partial charge on any atom is 0.333 e. The van der Waals surface area contributed by atoms with E-state index < -0.39 is 11.2 Å². The van der Waals surface area contributed by atoms with E-state index in [0.29, 0.717) is 43.4 Å². The lowest BCUT2D eigenvalue weighted by Gasteiger charge is -2.23. The third-order valence-corrected chi connectivity index (χ3v) is 7.17. The molecule has 2 aliphatic rings. The third-order valence-electron chi connectivity index (χ3n) is 7.17. The van der Waals surface area contributed by atoms with Crippen LogP contribution in [0.5, 0.6) is 0 Å². The Balaban J connectivity index is 1.48. The zero-order valence-electron chi connectivity index (χ0n) is 20.1. The van der Waals surface area contributed by atoms with Crippen molar-refractivity contribution in [2.75, 3.05) is 39.9 Å². The molecular formula is C25H32N6O4. The van der Waals surface area contributed by atoms with Gasteiger partial charge in [0.1, 0.15) is 6.54 Å². The maximum atomic E-state index is 13.5. The summed E-state index contributed by atoms with van der Waals surface area (Å²) in [6.07, 6.45) is 4.90. The number of methoxy groups -OCH3 is 1. The smallest absolute Gasteiger partial charge is 0.333 e. The lowest BCUT2D eigenvalue weighted by molar-refractivity contribution is -0.131. The first kappa shape index (κ1) is 23.5. The molecule has 3 aromatic rings. The zero-order valence-corrected chi connectivity index (χ0v) is 20.1. The highest BCUT2D eigenvalue weighted by Gasteiger charge is 2.32. The molecule has 0 spiro atoms. The van der Waals surface area contributed by atoms with E-state index in [1.165, 1.54) is 17.4 Å². The highest BCUT2D eigenvalue weighted by molar-refractivity contribution is 5.77. The van der Waals surface area contributed by atoms with Gasteiger partial charge in [0.25, 0.3) is 5.56 Å². The number of imidazole rings is 1. The Morgan fingerprint density at radius 3 is 2.60 bits per heavy atom. The first-order chi connectivity index (χ1) is 17.1. The van der Waals surface area contributed by atoms with E-state index in [4.69, 9.17) is 4.74 Å². The van der Waals surface area contributed by atoms with Crippen molar-refractivity contribution < 1.29 is 9.53 Å². The molecule has 2 aliphatic heterocycles. The zero-order chi connectivity index (χ0) is 24.4. The van der Waals surface area contributed by atoms with Crippen LogP contribution in [-0.4, -0.2) is 80.3 Å². The second-order valence-corrected chi connectivity index (χ2v) is 9.37. The maximum absolute atomic E-state index is 13.5. The van der Waals surface area contributed by atoms with E-state index in [0.717, 1.165) is 29.6 Å². The van der Waals surface area contributed by atoms with Crippen LogP contribution < -0.4 is 11.2 Å². The molecule has 0 N–H and O–H groups in total. The van der Waals surface area contributed by atoms with E-state index in [9.17, 15) is 14.4 Å². The van der Waals surface area contributed by atoms with Crippen LogP contribution in [-0.2, 0) is 29.2 Å². The molecule has 35 heavy (non-hydrogen) atoms. The lowest BCUT2D eigenvalue weighted by atomic mass is 10.2.